The quantitative estimate of drug-likeness (QED) is 0.848. The van der Waals surface area contributed by atoms with Crippen molar-refractivity contribution in [1.82, 2.24) is 5.32 Å². The predicted molar refractivity (Wildman–Crippen MR) is 97.1 cm³/mol. The van der Waals surface area contributed by atoms with Gasteiger partial charge in [-0.2, -0.15) is 0 Å². The highest BCUT2D eigenvalue weighted by atomic mass is 35.5. The highest BCUT2D eigenvalue weighted by Crippen LogP contribution is 2.23. The fourth-order valence-electron chi connectivity index (χ4n) is 2.33. The number of hydrogen-bond acceptors (Lipinski definition) is 2. The lowest BCUT2D eigenvalue weighted by atomic mass is 10.1. The molecule has 0 heterocycles. The third kappa shape index (κ3) is 5.57. The second kappa shape index (κ2) is 8.62. The molecule has 0 spiro atoms. The molecule has 4 nitrogen and oxygen atoms in total. The zero-order valence-electron chi connectivity index (χ0n) is 14.2. The molecule has 0 saturated carbocycles. The molecule has 0 bridgehead atoms. The Labute approximate surface area is 151 Å². The van der Waals surface area contributed by atoms with E-state index in [9.17, 15) is 14.0 Å². The summed E-state index contributed by atoms with van der Waals surface area (Å²) < 4.78 is 13.3. The molecular formula is C19H20ClFN2O2. The Balaban J connectivity index is 1.91. The van der Waals surface area contributed by atoms with Gasteiger partial charge in [-0.1, -0.05) is 41.4 Å². The molecule has 0 aliphatic carbocycles. The molecule has 0 saturated heterocycles. The molecule has 132 valence electrons. The smallest absolute Gasteiger partial charge is 0.223 e. The Bertz CT molecular complexity index is 763. The van der Waals surface area contributed by atoms with Crippen molar-refractivity contribution in [3.8, 4) is 0 Å². The zero-order chi connectivity index (χ0) is 18.4. The first kappa shape index (κ1) is 18.9. The molecule has 0 fully saturated rings. The second-order valence-corrected chi connectivity index (χ2v) is 6.19. The molecule has 2 aromatic rings. The number of nitrogens with one attached hydrogen (secondary N) is 1. The summed E-state index contributed by atoms with van der Waals surface area (Å²) in [7, 11) is 0. The van der Waals surface area contributed by atoms with Gasteiger partial charge in [0.1, 0.15) is 5.82 Å². The van der Waals surface area contributed by atoms with E-state index in [1.165, 1.54) is 30.0 Å². The van der Waals surface area contributed by atoms with Crippen LogP contribution in [-0.2, 0) is 16.1 Å². The number of hydrogen-bond donors (Lipinski definition) is 1. The summed E-state index contributed by atoms with van der Waals surface area (Å²) in [4.78, 5) is 25.2. The van der Waals surface area contributed by atoms with Gasteiger partial charge in [-0.05, 0) is 30.7 Å². The first-order valence-electron chi connectivity index (χ1n) is 7.92. The summed E-state index contributed by atoms with van der Waals surface area (Å²) in [5.41, 5.74) is 2.63. The molecule has 0 aliphatic heterocycles. The maximum atomic E-state index is 13.3. The van der Waals surface area contributed by atoms with Gasteiger partial charge < -0.3 is 10.2 Å². The number of amides is 2. The first-order chi connectivity index (χ1) is 11.9. The molecule has 0 atom stereocenters. The normalized spacial score (nSPS) is 10.4. The van der Waals surface area contributed by atoms with Crippen molar-refractivity contribution < 1.29 is 14.0 Å². The van der Waals surface area contributed by atoms with Gasteiger partial charge in [0.25, 0.3) is 0 Å². The number of benzene rings is 2. The molecule has 2 amide bonds. The lowest BCUT2D eigenvalue weighted by molar-refractivity contribution is -0.121. The van der Waals surface area contributed by atoms with Crippen molar-refractivity contribution in [2.75, 3.05) is 11.4 Å². The second-order valence-electron chi connectivity index (χ2n) is 5.78. The van der Waals surface area contributed by atoms with E-state index in [1.807, 2.05) is 31.2 Å². The van der Waals surface area contributed by atoms with E-state index in [0.717, 1.165) is 11.1 Å². The van der Waals surface area contributed by atoms with Gasteiger partial charge in [-0.3, -0.25) is 9.59 Å². The van der Waals surface area contributed by atoms with E-state index in [0.29, 0.717) is 12.2 Å². The SMILES string of the molecule is CC(=O)N(CCC(=O)NCc1ccc(C)cc1)c1ccc(F)c(Cl)c1. The van der Waals surface area contributed by atoms with Crippen molar-refractivity contribution in [1.29, 1.82) is 0 Å². The van der Waals surface area contributed by atoms with Crippen LogP contribution < -0.4 is 10.2 Å². The Morgan fingerprint density at radius 3 is 2.44 bits per heavy atom. The summed E-state index contributed by atoms with van der Waals surface area (Å²) in [5, 5.41) is 2.76. The summed E-state index contributed by atoms with van der Waals surface area (Å²) >= 11 is 5.76. The van der Waals surface area contributed by atoms with Crippen LogP contribution in [0.2, 0.25) is 5.02 Å². The minimum Gasteiger partial charge on any atom is -0.352 e. The molecular weight excluding hydrogens is 343 g/mol. The van der Waals surface area contributed by atoms with Gasteiger partial charge in [0, 0.05) is 32.1 Å². The van der Waals surface area contributed by atoms with Crippen LogP contribution in [-0.4, -0.2) is 18.4 Å². The van der Waals surface area contributed by atoms with Crippen LogP contribution in [0.25, 0.3) is 0 Å². The van der Waals surface area contributed by atoms with Gasteiger partial charge in [0.15, 0.2) is 0 Å². The molecule has 2 aromatic carbocycles. The van der Waals surface area contributed by atoms with Crippen LogP contribution in [0.4, 0.5) is 10.1 Å². The lowest BCUT2D eigenvalue weighted by Gasteiger charge is -2.21. The van der Waals surface area contributed by atoms with Crippen molar-refractivity contribution in [2.45, 2.75) is 26.8 Å². The standard InChI is InChI=1S/C19H20ClFN2O2/c1-13-3-5-15(6-4-13)12-22-19(25)9-10-23(14(2)24)16-7-8-18(21)17(20)11-16/h3-8,11H,9-10,12H2,1-2H3,(H,22,25). The Hall–Kier alpha value is -2.40. The summed E-state index contributed by atoms with van der Waals surface area (Å²) in [6.45, 7) is 4.01. The number of carbonyl (C=O) groups excluding carboxylic acids is 2. The molecule has 1 N–H and O–H groups in total. The summed E-state index contributed by atoms with van der Waals surface area (Å²) in [6.07, 6.45) is 0.139. The van der Waals surface area contributed by atoms with E-state index < -0.39 is 5.82 Å². The summed E-state index contributed by atoms with van der Waals surface area (Å²) in [6, 6.07) is 11.9. The fourth-order valence-corrected chi connectivity index (χ4v) is 2.50. The van der Waals surface area contributed by atoms with E-state index in [2.05, 4.69) is 5.32 Å². The van der Waals surface area contributed by atoms with Gasteiger partial charge in [-0.15, -0.1) is 0 Å². The van der Waals surface area contributed by atoms with Gasteiger partial charge >= 0.3 is 0 Å². The Morgan fingerprint density at radius 1 is 1.16 bits per heavy atom. The summed E-state index contributed by atoms with van der Waals surface area (Å²) in [5.74, 6) is -0.959. The van der Waals surface area contributed by atoms with Gasteiger partial charge in [0.05, 0.1) is 5.02 Å². The molecule has 0 radical (unpaired) electrons. The maximum absolute atomic E-state index is 13.3. The molecule has 0 aliphatic rings. The zero-order valence-corrected chi connectivity index (χ0v) is 14.9. The lowest BCUT2D eigenvalue weighted by Crippen LogP contribution is -2.33. The van der Waals surface area contributed by atoms with Crippen LogP contribution >= 0.6 is 11.6 Å². The van der Waals surface area contributed by atoms with Crippen LogP contribution in [0.15, 0.2) is 42.5 Å². The van der Waals surface area contributed by atoms with E-state index in [-0.39, 0.29) is 29.8 Å². The van der Waals surface area contributed by atoms with E-state index in [4.69, 9.17) is 11.6 Å². The number of aryl methyl sites for hydroxylation is 1. The van der Waals surface area contributed by atoms with Crippen LogP contribution in [0.3, 0.4) is 0 Å². The van der Waals surface area contributed by atoms with E-state index in [1.54, 1.807) is 0 Å². The Kier molecular flexibility index (Phi) is 6.53. The van der Waals surface area contributed by atoms with Crippen LogP contribution in [0.1, 0.15) is 24.5 Å². The van der Waals surface area contributed by atoms with Gasteiger partial charge in [0.2, 0.25) is 11.8 Å². The third-order valence-corrected chi connectivity index (χ3v) is 4.06. The van der Waals surface area contributed by atoms with Crippen molar-refractivity contribution in [3.05, 3.63) is 64.4 Å². The van der Waals surface area contributed by atoms with Gasteiger partial charge in [-0.25, -0.2) is 4.39 Å². The number of carbonyl (C=O) groups is 2. The minimum atomic E-state index is -0.551. The highest BCUT2D eigenvalue weighted by Gasteiger charge is 2.15. The minimum absolute atomic E-state index is 0.0624. The van der Waals surface area contributed by atoms with Crippen LogP contribution in [0.5, 0.6) is 0 Å². The molecule has 0 unspecified atom stereocenters. The molecule has 2 rings (SSSR count). The van der Waals surface area contributed by atoms with E-state index >= 15 is 0 Å². The number of rotatable bonds is 6. The number of halogens is 2. The third-order valence-electron chi connectivity index (χ3n) is 3.77. The average molecular weight is 363 g/mol. The maximum Gasteiger partial charge on any atom is 0.223 e. The number of anilines is 1. The topological polar surface area (TPSA) is 49.4 Å². The molecule has 6 heteroatoms. The van der Waals surface area contributed by atoms with Crippen molar-refractivity contribution in [3.63, 3.8) is 0 Å². The molecule has 0 aromatic heterocycles. The largest absolute Gasteiger partial charge is 0.352 e. The highest BCUT2D eigenvalue weighted by molar-refractivity contribution is 6.31. The Morgan fingerprint density at radius 2 is 1.84 bits per heavy atom. The van der Waals surface area contributed by atoms with Crippen molar-refractivity contribution >= 4 is 29.1 Å². The average Bonchev–Trinajstić information content (AvgIpc) is 2.57. The predicted octanol–water partition coefficient (Wildman–Crippen LogP) is 3.85. The van der Waals surface area contributed by atoms with Crippen LogP contribution in [0, 0.1) is 12.7 Å². The van der Waals surface area contributed by atoms with Crippen molar-refractivity contribution in [2.24, 2.45) is 0 Å². The first-order valence-corrected chi connectivity index (χ1v) is 8.30. The number of nitrogens with zero attached hydrogens (tertiary/aromatic N) is 1. The molecule has 25 heavy (non-hydrogen) atoms. The fraction of sp³-hybridized carbons (Fsp3) is 0.263. The monoisotopic (exact) mass is 362 g/mol.